The van der Waals surface area contributed by atoms with Gasteiger partial charge in [0, 0.05) is 30.5 Å². The third kappa shape index (κ3) is 5.64. The Labute approximate surface area is 159 Å². The average Bonchev–Trinajstić information content (AvgIpc) is 2.90. The Morgan fingerprint density at radius 3 is 2.11 bits per heavy atom. The van der Waals surface area contributed by atoms with Crippen LogP contribution in [0.5, 0.6) is 0 Å². The molecule has 0 bridgehead atoms. The number of carbonyl (C=O) groups is 4. The van der Waals surface area contributed by atoms with Crippen molar-refractivity contribution in [3.8, 4) is 0 Å². The summed E-state index contributed by atoms with van der Waals surface area (Å²) in [5, 5.41) is 2.85. The van der Waals surface area contributed by atoms with Crippen LogP contribution >= 0.6 is 0 Å². The first-order valence-corrected chi connectivity index (χ1v) is 9.13. The number of carbonyl (C=O) groups excluding carboxylic acids is 4. The Morgan fingerprint density at radius 1 is 1.07 bits per heavy atom. The summed E-state index contributed by atoms with van der Waals surface area (Å²) in [6.45, 7) is 8.10. The molecular formula is C20H27N3O4. The zero-order valence-corrected chi connectivity index (χ0v) is 16.4. The van der Waals surface area contributed by atoms with Crippen molar-refractivity contribution in [2.45, 2.75) is 52.6 Å². The molecule has 1 aliphatic rings. The molecule has 1 fully saturated rings. The fraction of sp³-hybridized carbons (Fsp3) is 0.500. The zero-order chi connectivity index (χ0) is 20.2. The molecule has 0 saturated carbocycles. The lowest BCUT2D eigenvalue weighted by Gasteiger charge is -2.25. The molecule has 4 amide bonds. The number of imide groups is 1. The van der Waals surface area contributed by atoms with Crippen LogP contribution in [0.15, 0.2) is 24.3 Å². The van der Waals surface area contributed by atoms with Gasteiger partial charge in [-0.2, -0.15) is 0 Å². The second-order valence-corrected chi connectivity index (χ2v) is 7.69. The summed E-state index contributed by atoms with van der Waals surface area (Å²) in [4.78, 5) is 50.9. The zero-order valence-electron chi connectivity index (χ0n) is 16.4. The summed E-state index contributed by atoms with van der Waals surface area (Å²) >= 11 is 0. The fourth-order valence-corrected chi connectivity index (χ4v) is 2.88. The highest BCUT2D eigenvalue weighted by atomic mass is 16.2. The molecule has 1 aliphatic heterocycles. The van der Waals surface area contributed by atoms with Crippen LogP contribution < -0.4 is 5.32 Å². The van der Waals surface area contributed by atoms with E-state index in [1.54, 1.807) is 24.3 Å². The van der Waals surface area contributed by atoms with Crippen molar-refractivity contribution in [1.29, 1.82) is 0 Å². The van der Waals surface area contributed by atoms with Crippen molar-refractivity contribution >= 4 is 23.6 Å². The van der Waals surface area contributed by atoms with Gasteiger partial charge < -0.3 is 10.2 Å². The number of likely N-dealkylation sites (N-methyl/N-ethyl adjacent to an activating group) is 1. The van der Waals surface area contributed by atoms with Crippen molar-refractivity contribution in [3.63, 3.8) is 0 Å². The number of likely N-dealkylation sites (tertiary alicyclic amines) is 1. The molecule has 0 aliphatic carbocycles. The molecule has 1 aromatic carbocycles. The van der Waals surface area contributed by atoms with Crippen LogP contribution in [0.2, 0.25) is 0 Å². The third-order valence-electron chi connectivity index (χ3n) is 4.21. The van der Waals surface area contributed by atoms with Crippen LogP contribution in [0.1, 0.15) is 56.5 Å². The van der Waals surface area contributed by atoms with E-state index in [4.69, 9.17) is 0 Å². The number of hydrogen-bond donors (Lipinski definition) is 1. The maximum atomic E-state index is 12.7. The van der Waals surface area contributed by atoms with Crippen molar-refractivity contribution < 1.29 is 19.2 Å². The molecule has 2 rings (SSSR count). The van der Waals surface area contributed by atoms with E-state index < -0.39 is 0 Å². The number of rotatable bonds is 6. The Kier molecular flexibility index (Phi) is 6.36. The van der Waals surface area contributed by atoms with E-state index in [0.29, 0.717) is 12.1 Å². The topological polar surface area (TPSA) is 86.8 Å². The molecule has 0 spiro atoms. The molecule has 146 valence electrons. The van der Waals surface area contributed by atoms with E-state index in [1.807, 2.05) is 27.7 Å². The molecular weight excluding hydrogens is 346 g/mol. The van der Waals surface area contributed by atoms with Crippen LogP contribution in [0.3, 0.4) is 0 Å². The summed E-state index contributed by atoms with van der Waals surface area (Å²) in [6.07, 6.45) is 0.523. The molecule has 0 aromatic heterocycles. The predicted octanol–water partition coefficient (Wildman–Crippen LogP) is 1.71. The molecule has 1 aromatic rings. The molecule has 0 unspecified atom stereocenters. The molecule has 7 nitrogen and oxygen atoms in total. The quantitative estimate of drug-likeness (QED) is 0.769. The Morgan fingerprint density at radius 2 is 1.63 bits per heavy atom. The van der Waals surface area contributed by atoms with Gasteiger partial charge in [-0.25, -0.2) is 0 Å². The Hall–Kier alpha value is -2.70. The minimum absolute atomic E-state index is 0.00879. The van der Waals surface area contributed by atoms with E-state index in [9.17, 15) is 19.2 Å². The van der Waals surface area contributed by atoms with Gasteiger partial charge >= 0.3 is 0 Å². The average molecular weight is 373 g/mol. The summed E-state index contributed by atoms with van der Waals surface area (Å²) in [5.74, 6) is -0.772. The van der Waals surface area contributed by atoms with Crippen molar-refractivity contribution in [2.75, 3.05) is 13.1 Å². The van der Waals surface area contributed by atoms with E-state index in [-0.39, 0.29) is 55.1 Å². The highest BCUT2D eigenvalue weighted by Crippen LogP contribution is 2.16. The summed E-state index contributed by atoms with van der Waals surface area (Å²) in [5.41, 5.74) is 0.887. The molecule has 0 atom stereocenters. The van der Waals surface area contributed by atoms with Gasteiger partial charge in [0.1, 0.15) is 0 Å². The first-order valence-electron chi connectivity index (χ1n) is 9.13. The van der Waals surface area contributed by atoms with Crippen molar-refractivity contribution in [3.05, 3.63) is 35.4 Å². The van der Waals surface area contributed by atoms with Gasteiger partial charge in [0.25, 0.3) is 5.91 Å². The van der Waals surface area contributed by atoms with Crippen LogP contribution in [0, 0.1) is 0 Å². The summed E-state index contributed by atoms with van der Waals surface area (Å²) in [7, 11) is 0. The summed E-state index contributed by atoms with van der Waals surface area (Å²) < 4.78 is 0. The third-order valence-corrected chi connectivity index (χ3v) is 4.21. The number of nitrogens with zero attached hydrogens (tertiary/aromatic N) is 2. The monoisotopic (exact) mass is 373 g/mol. The number of amides is 4. The lowest BCUT2D eigenvalue weighted by molar-refractivity contribution is -0.139. The van der Waals surface area contributed by atoms with Crippen LogP contribution in [0.25, 0.3) is 0 Å². The number of nitrogens with one attached hydrogen (secondary N) is 1. The molecule has 0 radical (unpaired) electrons. The molecule has 7 heteroatoms. The van der Waals surface area contributed by atoms with Gasteiger partial charge in [0.2, 0.25) is 17.7 Å². The van der Waals surface area contributed by atoms with Gasteiger partial charge in [-0.3, -0.25) is 24.1 Å². The summed E-state index contributed by atoms with van der Waals surface area (Å²) in [6, 6.07) is 6.78. The largest absolute Gasteiger partial charge is 0.350 e. The van der Waals surface area contributed by atoms with E-state index in [2.05, 4.69) is 5.32 Å². The highest BCUT2D eigenvalue weighted by Gasteiger charge is 2.28. The lowest BCUT2D eigenvalue weighted by atomic mass is 10.1. The van der Waals surface area contributed by atoms with Gasteiger partial charge in [0.15, 0.2) is 0 Å². The maximum absolute atomic E-state index is 12.7. The van der Waals surface area contributed by atoms with Crippen molar-refractivity contribution in [2.24, 2.45) is 0 Å². The second-order valence-electron chi connectivity index (χ2n) is 7.69. The number of hydrogen-bond acceptors (Lipinski definition) is 4. The van der Waals surface area contributed by atoms with Gasteiger partial charge in [-0.05, 0) is 45.4 Å². The number of benzene rings is 1. The second kappa shape index (κ2) is 8.33. The van der Waals surface area contributed by atoms with E-state index in [0.717, 1.165) is 5.56 Å². The fourth-order valence-electron chi connectivity index (χ4n) is 2.88. The van der Waals surface area contributed by atoms with Crippen LogP contribution in [-0.2, 0) is 20.9 Å². The molecule has 1 heterocycles. The molecule has 27 heavy (non-hydrogen) atoms. The molecule has 1 N–H and O–H groups in total. The van der Waals surface area contributed by atoms with Gasteiger partial charge in [0.05, 0.1) is 13.1 Å². The minimum atomic E-state index is -0.356. The van der Waals surface area contributed by atoms with Crippen LogP contribution in [-0.4, -0.2) is 52.1 Å². The van der Waals surface area contributed by atoms with E-state index in [1.165, 1.54) is 9.80 Å². The lowest BCUT2D eigenvalue weighted by Crippen LogP contribution is -2.47. The highest BCUT2D eigenvalue weighted by molar-refractivity contribution is 6.02. The van der Waals surface area contributed by atoms with Crippen molar-refractivity contribution in [1.82, 2.24) is 15.1 Å². The maximum Gasteiger partial charge on any atom is 0.254 e. The standard InChI is InChI=1S/C20H27N3O4/c1-5-22(13-16(24)21-20(2,3)4)19(27)15-8-6-14(7-9-15)12-23-17(25)10-11-18(23)26/h6-9H,5,10-13H2,1-4H3,(H,21,24). The first kappa shape index (κ1) is 20.6. The Bertz CT molecular complexity index is 719. The van der Waals surface area contributed by atoms with Gasteiger partial charge in [-0.1, -0.05) is 12.1 Å². The van der Waals surface area contributed by atoms with E-state index >= 15 is 0 Å². The SMILES string of the molecule is CCN(CC(=O)NC(C)(C)C)C(=O)c1ccc(CN2C(=O)CCC2=O)cc1. The normalized spacial score (nSPS) is 14.4. The predicted molar refractivity (Wildman–Crippen MR) is 101 cm³/mol. The minimum Gasteiger partial charge on any atom is -0.350 e. The van der Waals surface area contributed by atoms with Gasteiger partial charge in [-0.15, -0.1) is 0 Å². The molecule has 1 saturated heterocycles. The van der Waals surface area contributed by atoms with Crippen LogP contribution in [0.4, 0.5) is 0 Å². The smallest absolute Gasteiger partial charge is 0.254 e. The Balaban J connectivity index is 2.01. The first-order chi connectivity index (χ1) is 12.6.